The molecule has 0 atom stereocenters. The lowest BCUT2D eigenvalue weighted by Crippen LogP contribution is -2.46. The predicted octanol–water partition coefficient (Wildman–Crippen LogP) is 1.75. The van der Waals surface area contributed by atoms with Crippen molar-refractivity contribution in [3.8, 4) is 0 Å². The van der Waals surface area contributed by atoms with Crippen LogP contribution in [0.5, 0.6) is 0 Å². The molecule has 9 heteroatoms. The highest BCUT2D eigenvalue weighted by Crippen LogP contribution is 2.25. The third-order valence-electron chi connectivity index (χ3n) is 6.01. The third-order valence-corrected chi connectivity index (χ3v) is 6.01. The number of piperidine rings is 1. The molecule has 1 aromatic heterocycles. The van der Waals surface area contributed by atoms with Crippen molar-refractivity contribution in [1.29, 1.82) is 0 Å². The topological polar surface area (TPSA) is 109 Å². The summed E-state index contributed by atoms with van der Waals surface area (Å²) in [6.07, 6.45) is 4.98. The molecular formula is C24H26N4O5. The lowest BCUT2D eigenvalue weighted by molar-refractivity contribution is 0.0637. The molecule has 0 radical (unpaired) electrons. The Labute approximate surface area is 191 Å². The summed E-state index contributed by atoms with van der Waals surface area (Å²) in [5, 5.41) is 3.00. The number of aromatic nitrogens is 1. The molecule has 3 heterocycles. The number of hydrogen-bond acceptors (Lipinski definition) is 6. The Morgan fingerprint density at radius 2 is 1.73 bits per heavy atom. The van der Waals surface area contributed by atoms with Crippen LogP contribution in [0.4, 0.5) is 0 Å². The van der Waals surface area contributed by atoms with Crippen molar-refractivity contribution in [2.45, 2.75) is 25.3 Å². The van der Waals surface area contributed by atoms with Crippen LogP contribution in [0.25, 0.3) is 0 Å². The highest BCUT2D eigenvalue weighted by molar-refractivity contribution is 6.22. The van der Waals surface area contributed by atoms with Gasteiger partial charge in [0.05, 0.1) is 11.1 Å². The molecular weight excluding hydrogens is 424 g/mol. The Bertz CT molecular complexity index is 1060. The second-order valence-corrected chi connectivity index (χ2v) is 8.14. The van der Waals surface area contributed by atoms with E-state index in [9.17, 15) is 19.2 Å². The molecule has 2 aromatic rings. The molecule has 2 aliphatic heterocycles. The average Bonchev–Trinajstić information content (AvgIpc) is 3.09. The first kappa shape index (κ1) is 22.6. The molecule has 1 fully saturated rings. The second-order valence-electron chi connectivity index (χ2n) is 8.14. The molecule has 0 bridgehead atoms. The number of rotatable bonds is 7. The monoisotopic (exact) mass is 450 g/mol. The summed E-state index contributed by atoms with van der Waals surface area (Å²) in [7, 11) is 1.57. The first-order valence-corrected chi connectivity index (χ1v) is 11.0. The molecule has 0 aliphatic carbocycles. The van der Waals surface area contributed by atoms with Crippen molar-refractivity contribution in [3.05, 3.63) is 65.0 Å². The van der Waals surface area contributed by atoms with Gasteiger partial charge in [0.1, 0.15) is 0 Å². The van der Waals surface area contributed by atoms with Gasteiger partial charge in [-0.15, -0.1) is 0 Å². The van der Waals surface area contributed by atoms with Gasteiger partial charge in [-0.25, -0.2) is 0 Å². The molecule has 2 aliphatic rings. The number of hydrogen-bond donors (Lipinski definition) is 1. The number of methoxy groups -OCH3 is 1. The van der Waals surface area contributed by atoms with Crippen molar-refractivity contribution < 1.29 is 23.9 Å². The Balaban J connectivity index is 1.36. The zero-order chi connectivity index (χ0) is 23.4. The second kappa shape index (κ2) is 9.91. The normalized spacial score (nSPS) is 16.2. The summed E-state index contributed by atoms with van der Waals surface area (Å²) in [6.45, 7) is 1.72. The summed E-state index contributed by atoms with van der Waals surface area (Å²) >= 11 is 0. The van der Waals surface area contributed by atoms with E-state index >= 15 is 0 Å². The fourth-order valence-corrected chi connectivity index (χ4v) is 4.18. The number of benzene rings is 1. The smallest absolute Gasteiger partial charge is 0.261 e. The highest BCUT2D eigenvalue weighted by Gasteiger charge is 2.36. The number of likely N-dealkylation sites (tertiary alicyclic amines) is 1. The molecule has 4 rings (SSSR count). The van der Waals surface area contributed by atoms with Gasteiger partial charge in [0.2, 0.25) is 0 Å². The van der Waals surface area contributed by atoms with E-state index in [2.05, 4.69) is 10.3 Å². The van der Waals surface area contributed by atoms with Crippen molar-refractivity contribution >= 4 is 23.6 Å². The minimum absolute atomic E-state index is 0.0189. The zero-order valence-electron chi connectivity index (χ0n) is 18.5. The molecule has 172 valence electrons. The molecule has 0 spiro atoms. The minimum Gasteiger partial charge on any atom is -0.385 e. The number of nitrogens with one attached hydrogen (secondary N) is 1. The minimum atomic E-state index is -0.377. The standard InChI is InChI=1S/C24H26N4O5/c1-33-14-2-11-28-23(31)19-4-3-17(15-20(19)24(28)32)22(30)27-12-7-18(8-13-27)26-21(29)16-5-9-25-10-6-16/h3-6,9-10,15,18H,2,7-8,11-14H2,1H3,(H,26,29). The number of ether oxygens (including phenoxy) is 1. The van der Waals surface area contributed by atoms with Gasteiger partial charge in [-0.2, -0.15) is 0 Å². The van der Waals surface area contributed by atoms with E-state index in [1.165, 1.54) is 11.0 Å². The van der Waals surface area contributed by atoms with E-state index in [0.29, 0.717) is 55.6 Å². The number of amides is 4. The van der Waals surface area contributed by atoms with Gasteiger partial charge in [0.15, 0.2) is 0 Å². The van der Waals surface area contributed by atoms with E-state index in [-0.39, 0.29) is 41.8 Å². The van der Waals surface area contributed by atoms with E-state index in [0.717, 1.165) is 0 Å². The molecule has 4 amide bonds. The van der Waals surface area contributed by atoms with Crippen LogP contribution in [0.3, 0.4) is 0 Å². The van der Waals surface area contributed by atoms with Crippen LogP contribution in [0.2, 0.25) is 0 Å². The largest absolute Gasteiger partial charge is 0.385 e. The first-order chi connectivity index (χ1) is 16.0. The predicted molar refractivity (Wildman–Crippen MR) is 119 cm³/mol. The zero-order valence-corrected chi connectivity index (χ0v) is 18.5. The molecule has 33 heavy (non-hydrogen) atoms. The van der Waals surface area contributed by atoms with Crippen LogP contribution >= 0.6 is 0 Å². The fourth-order valence-electron chi connectivity index (χ4n) is 4.18. The number of fused-ring (bicyclic) bond motifs is 1. The van der Waals surface area contributed by atoms with Gasteiger partial charge in [-0.1, -0.05) is 0 Å². The van der Waals surface area contributed by atoms with Crippen LogP contribution in [-0.2, 0) is 4.74 Å². The van der Waals surface area contributed by atoms with Crippen LogP contribution in [0.1, 0.15) is 60.7 Å². The molecule has 1 N–H and O–H groups in total. The van der Waals surface area contributed by atoms with Crippen LogP contribution in [0, 0.1) is 0 Å². The average molecular weight is 450 g/mol. The number of carbonyl (C=O) groups is 4. The van der Waals surface area contributed by atoms with Gasteiger partial charge >= 0.3 is 0 Å². The Hall–Kier alpha value is -3.59. The SMILES string of the molecule is COCCCN1C(=O)c2ccc(C(=O)N3CCC(NC(=O)c4ccncc4)CC3)cc2C1=O. The molecule has 0 unspecified atom stereocenters. The highest BCUT2D eigenvalue weighted by atomic mass is 16.5. The van der Waals surface area contributed by atoms with Gasteiger partial charge in [-0.3, -0.25) is 29.1 Å². The van der Waals surface area contributed by atoms with Crippen molar-refractivity contribution in [3.63, 3.8) is 0 Å². The maximum Gasteiger partial charge on any atom is 0.261 e. The van der Waals surface area contributed by atoms with Gasteiger partial charge in [0, 0.05) is 62.9 Å². The molecule has 9 nitrogen and oxygen atoms in total. The van der Waals surface area contributed by atoms with Crippen LogP contribution in [-0.4, -0.2) is 77.8 Å². The molecule has 0 saturated carbocycles. The van der Waals surface area contributed by atoms with E-state index < -0.39 is 0 Å². The van der Waals surface area contributed by atoms with Gasteiger partial charge in [-0.05, 0) is 49.6 Å². The van der Waals surface area contributed by atoms with Gasteiger partial charge < -0.3 is 15.0 Å². The molecule has 1 saturated heterocycles. The van der Waals surface area contributed by atoms with E-state index in [1.807, 2.05) is 0 Å². The quantitative estimate of drug-likeness (QED) is 0.509. The maximum atomic E-state index is 13.0. The Morgan fingerprint density at radius 3 is 2.42 bits per heavy atom. The van der Waals surface area contributed by atoms with Gasteiger partial charge in [0.25, 0.3) is 23.6 Å². The third kappa shape index (κ3) is 4.78. The number of nitrogens with zero attached hydrogens (tertiary/aromatic N) is 3. The summed E-state index contributed by atoms with van der Waals surface area (Å²) in [5.41, 5.74) is 1.53. The number of imide groups is 1. The summed E-state index contributed by atoms with van der Waals surface area (Å²) in [5.74, 6) is -1.05. The van der Waals surface area contributed by atoms with Crippen molar-refractivity contribution in [1.82, 2.24) is 20.1 Å². The molecule has 1 aromatic carbocycles. The fraction of sp³-hybridized carbons (Fsp3) is 0.375. The maximum absolute atomic E-state index is 13.0. The van der Waals surface area contributed by atoms with Crippen molar-refractivity contribution in [2.75, 3.05) is 33.4 Å². The number of carbonyl (C=O) groups excluding carboxylic acids is 4. The Kier molecular flexibility index (Phi) is 6.79. The summed E-state index contributed by atoms with van der Waals surface area (Å²) in [6, 6.07) is 7.97. The lowest BCUT2D eigenvalue weighted by atomic mass is 10.0. The van der Waals surface area contributed by atoms with Crippen LogP contribution in [0.15, 0.2) is 42.7 Å². The van der Waals surface area contributed by atoms with E-state index in [4.69, 9.17) is 4.74 Å². The van der Waals surface area contributed by atoms with Crippen LogP contribution < -0.4 is 5.32 Å². The Morgan fingerprint density at radius 1 is 1.03 bits per heavy atom. The van der Waals surface area contributed by atoms with E-state index in [1.54, 1.807) is 48.7 Å². The van der Waals surface area contributed by atoms with Crippen molar-refractivity contribution in [2.24, 2.45) is 0 Å². The summed E-state index contributed by atoms with van der Waals surface area (Å²) in [4.78, 5) is 57.5. The summed E-state index contributed by atoms with van der Waals surface area (Å²) < 4.78 is 4.99. The first-order valence-electron chi connectivity index (χ1n) is 11.0. The number of pyridine rings is 1. The lowest BCUT2D eigenvalue weighted by Gasteiger charge is -2.32.